The van der Waals surface area contributed by atoms with Gasteiger partial charge in [-0.1, -0.05) is 38.1 Å². The van der Waals surface area contributed by atoms with Gasteiger partial charge in [-0.25, -0.2) is 4.98 Å². The van der Waals surface area contributed by atoms with Crippen LogP contribution >= 0.6 is 0 Å². The predicted octanol–water partition coefficient (Wildman–Crippen LogP) is 3.03. The zero-order valence-electron chi connectivity index (χ0n) is 13.7. The molecule has 2 heterocycles. The minimum Gasteiger partial charge on any atom is -0.366 e. The van der Waals surface area contributed by atoms with Crippen LogP contribution in [0.15, 0.2) is 42.6 Å². The molecule has 1 N–H and O–H groups in total. The van der Waals surface area contributed by atoms with Crippen LogP contribution < -0.4 is 10.2 Å². The minimum absolute atomic E-state index is 0.103. The molecule has 0 radical (unpaired) electrons. The van der Waals surface area contributed by atoms with Crippen LogP contribution in [0.3, 0.4) is 0 Å². The summed E-state index contributed by atoms with van der Waals surface area (Å²) in [5.74, 6) is 0.334. The molecule has 0 aliphatic carbocycles. The SMILES string of the molecule is CC(C)CNC(=O)c1ccc(N2CCc3ccccc3C2)cn1. The molecule has 3 rings (SSSR count). The molecule has 120 valence electrons. The zero-order valence-corrected chi connectivity index (χ0v) is 13.7. The van der Waals surface area contributed by atoms with Gasteiger partial charge >= 0.3 is 0 Å². The van der Waals surface area contributed by atoms with Gasteiger partial charge in [-0.05, 0) is 35.6 Å². The lowest BCUT2D eigenvalue weighted by Crippen LogP contribution is -2.31. The van der Waals surface area contributed by atoms with Gasteiger partial charge in [-0.3, -0.25) is 4.79 Å². The van der Waals surface area contributed by atoms with E-state index in [4.69, 9.17) is 0 Å². The summed E-state index contributed by atoms with van der Waals surface area (Å²) in [7, 11) is 0. The summed E-state index contributed by atoms with van der Waals surface area (Å²) in [4.78, 5) is 18.7. The van der Waals surface area contributed by atoms with Crippen molar-refractivity contribution in [3.05, 3.63) is 59.4 Å². The van der Waals surface area contributed by atoms with Crippen LogP contribution in [0.2, 0.25) is 0 Å². The Bertz CT molecular complexity index is 679. The summed E-state index contributed by atoms with van der Waals surface area (Å²) in [6.45, 7) is 6.70. The van der Waals surface area contributed by atoms with E-state index in [1.807, 2.05) is 12.1 Å². The van der Waals surface area contributed by atoms with E-state index < -0.39 is 0 Å². The third kappa shape index (κ3) is 3.70. The van der Waals surface area contributed by atoms with Gasteiger partial charge in [-0.2, -0.15) is 0 Å². The standard InChI is InChI=1S/C19H23N3O/c1-14(2)11-21-19(23)18-8-7-17(12-20-18)22-10-9-15-5-3-4-6-16(15)13-22/h3-8,12,14H,9-11,13H2,1-2H3,(H,21,23). The highest BCUT2D eigenvalue weighted by atomic mass is 16.1. The molecule has 1 amide bonds. The summed E-state index contributed by atoms with van der Waals surface area (Å²) in [6.07, 6.45) is 2.85. The zero-order chi connectivity index (χ0) is 16.2. The molecule has 0 spiro atoms. The Kier molecular flexibility index (Phi) is 4.60. The van der Waals surface area contributed by atoms with Crippen LogP contribution in [0.1, 0.15) is 35.5 Å². The van der Waals surface area contributed by atoms with E-state index in [-0.39, 0.29) is 5.91 Å². The van der Waals surface area contributed by atoms with Gasteiger partial charge in [0.15, 0.2) is 0 Å². The average molecular weight is 309 g/mol. The number of aromatic nitrogens is 1. The van der Waals surface area contributed by atoms with Crippen molar-refractivity contribution < 1.29 is 4.79 Å². The Hall–Kier alpha value is -2.36. The quantitative estimate of drug-likeness (QED) is 0.944. The highest BCUT2D eigenvalue weighted by Crippen LogP contribution is 2.23. The molecule has 1 aromatic heterocycles. The highest BCUT2D eigenvalue weighted by Gasteiger charge is 2.17. The number of benzene rings is 1. The van der Waals surface area contributed by atoms with Crippen LogP contribution in [0.25, 0.3) is 0 Å². The van der Waals surface area contributed by atoms with Gasteiger partial charge < -0.3 is 10.2 Å². The molecule has 1 aromatic carbocycles. The average Bonchev–Trinajstić information content (AvgIpc) is 2.59. The highest BCUT2D eigenvalue weighted by molar-refractivity contribution is 5.92. The molecule has 0 bridgehead atoms. The molecule has 4 nitrogen and oxygen atoms in total. The van der Waals surface area contributed by atoms with Crippen molar-refractivity contribution in [2.24, 2.45) is 5.92 Å². The summed E-state index contributed by atoms with van der Waals surface area (Å²) in [6, 6.07) is 12.4. The fourth-order valence-electron chi connectivity index (χ4n) is 2.81. The maximum Gasteiger partial charge on any atom is 0.269 e. The second-order valence-corrected chi connectivity index (χ2v) is 6.45. The van der Waals surface area contributed by atoms with Crippen molar-refractivity contribution in [3.63, 3.8) is 0 Å². The van der Waals surface area contributed by atoms with Gasteiger partial charge in [0.25, 0.3) is 5.91 Å². The Labute approximate surface area is 137 Å². The monoisotopic (exact) mass is 309 g/mol. The molecule has 0 unspecified atom stereocenters. The van der Waals surface area contributed by atoms with Gasteiger partial charge in [0.05, 0.1) is 11.9 Å². The molecule has 0 atom stereocenters. The smallest absolute Gasteiger partial charge is 0.269 e. The van der Waals surface area contributed by atoms with Crippen LogP contribution in [0.5, 0.6) is 0 Å². The van der Waals surface area contributed by atoms with Crippen molar-refractivity contribution in [3.8, 4) is 0 Å². The molecule has 23 heavy (non-hydrogen) atoms. The Morgan fingerprint density at radius 3 is 2.70 bits per heavy atom. The fraction of sp³-hybridized carbons (Fsp3) is 0.368. The number of amides is 1. The lowest BCUT2D eigenvalue weighted by Gasteiger charge is -2.30. The molecule has 0 fully saturated rings. The molecule has 1 aliphatic heterocycles. The van der Waals surface area contributed by atoms with Gasteiger partial charge in [-0.15, -0.1) is 0 Å². The number of pyridine rings is 1. The lowest BCUT2D eigenvalue weighted by atomic mass is 10.00. The largest absolute Gasteiger partial charge is 0.366 e. The first-order valence-corrected chi connectivity index (χ1v) is 8.19. The van der Waals surface area contributed by atoms with Crippen molar-refractivity contribution in [1.82, 2.24) is 10.3 Å². The predicted molar refractivity (Wildman–Crippen MR) is 92.6 cm³/mol. The summed E-state index contributed by atoms with van der Waals surface area (Å²) >= 11 is 0. The summed E-state index contributed by atoms with van der Waals surface area (Å²) in [5.41, 5.74) is 4.35. The maximum atomic E-state index is 12.0. The van der Waals surface area contributed by atoms with Crippen LogP contribution in [-0.4, -0.2) is 24.0 Å². The summed E-state index contributed by atoms with van der Waals surface area (Å²) < 4.78 is 0. The van der Waals surface area contributed by atoms with Gasteiger partial charge in [0, 0.05) is 19.6 Å². The number of hydrogen-bond donors (Lipinski definition) is 1. The van der Waals surface area contributed by atoms with E-state index in [9.17, 15) is 4.79 Å². The van der Waals surface area contributed by atoms with Crippen LogP contribution in [0, 0.1) is 5.92 Å². The number of nitrogens with zero attached hydrogens (tertiary/aromatic N) is 2. The van der Waals surface area contributed by atoms with E-state index in [1.165, 1.54) is 11.1 Å². The van der Waals surface area contributed by atoms with E-state index in [0.717, 1.165) is 25.2 Å². The molecule has 1 aliphatic rings. The van der Waals surface area contributed by atoms with Crippen LogP contribution in [-0.2, 0) is 13.0 Å². The Balaban J connectivity index is 1.67. The third-order valence-electron chi connectivity index (χ3n) is 4.15. The van der Waals surface area contributed by atoms with E-state index >= 15 is 0 Å². The fourth-order valence-corrected chi connectivity index (χ4v) is 2.81. The van der Waals surface area contributed by atoms with Crippen molar-refractivity contribution in [1.29, 1.82) is 0 Å². The number of carbonyl (C=O) groups is 1. The van der Waals surface area contributed by atoms with Crippen molar-refractivity contribution in [2.45, 2.75) is 26.8 Å². The molecule has 0 saturated heterocycles. The molecular weight excluding hydrogens is 286 g/mol. The second-order valence-electron chi connectivity index (χ2n) is 6.45. The number of rotatable bonds is 4. The minimum atomic E-state index is -0.103. The third-order valence-corrected chi connectivity index (χ3v) is 4.15. The Morgan fingerprint density at radius 1 is 1.22 bits per heavy atom. The second kappa shape index (κ2) is 6.82. The molecule has 0 saturated carbocycles. The van der Waals surface area contributed by atoms with Gasteiger partial charge in [0.2, 0.25) is 0 Å². The first kappa shape index (κ1) is 15.5. The summed E-state index contributed by atoms with van der Waals surface area (Å²) in [5, 5.41) is 2.90. The van der Waals surface area contributed by atoms with Crippen molar-refractivity contribution >= 4 is 11.6 Å². The van der Waals surface area contributed by atoms with Crippen molar-refractivity contribution in [2.75, 3.05) is 18.0 Å². The van der Waals surface area contributed by atoms with E-state index in [0.29, 0.717) is 18.2 Å². The molecular formula is C19H23N3O. The first-order valence-electron chi connectivity index (χ1n) is 8.19. The number of nitrogens with one attached hydrogen (secondary N) is 1. The topological polar surface area (TPSA) is 45.2 Å². The normalized spacial score (nSPS) is 13.8. The molecule has 4 heteroatoms. The lowest BCUT2D eigenvalue weighted by molar-refractivity contribution is 0.0944. The first-order chi connectivity index (χ1) is 11.1. The van der Waals surface area contributed by atoms with E-state index in [2.05, 4.69) is 53.3 Å². The molecule has 2 aromatic rings. The number of fused-ring (bicyclic) bond motifs is 1. The number of anilines is 1. The van der Waals surface area contributed by atoms with E-state index in [1.54, 1.807) is 6.20 Å². The van der Waals surface area contributed by atoms with Crippen LogP contribution in [0.4, 0.5) is 5.69 Å². The Morgan fingerprint density at radius 2 is 2.00 bits per heavy atom. The number of hydrogen-bond acceptors (Lipinski definition) is 3. The maximum absolute atomic E-state index is 12.0. The van der Waals surface area contributed by atoms with Gasteiger partial charge in [0.1, 0.15) is 5.69 Å². The number of carbonyl (C=O) groups excluding carboxylic acids is 1.